The monoisotopic (exact) mass is 339 g/mol. The van der Waals surface area contributed by atoms with E-state index < -0.39 is 23.2 Å². The van der Waals surface area contributed by atoms with Gasteiger partial charge in [0.05, 0.1) is 17.9 Å². The zero-order valence-electron chi connectivity index (χ0n) is 11.7. The minimum absolute atomic E-state index is 0.147. The van der Waals surface area contributed by atoms with Gasteiger partial charge in [-0.15, -0.1) is 0 Å². The van der Waals surface area contributed by atoms with Crippen LogP contribution >= 0.6 is 15.9 Å². The van der Waals surface area contributed by atoms with Crippen LogP contribution in [0.1, 0.15) is 32.4 Å². The molecule has 20 heavy (non-hydrogen) atoms. The molecule has 0 unspecified atom stereocenters. The average molecular weight is 340 g/mol. The van der Waals surface area contributed by atoms with E-state index in [1.165, 1.54) is 0 Å². The fraction of sp³-hybridized carbons (Fsp3) is 0.467. The topological polar surface area (TPSA) is 66.4 Å². The first kappa shape index (κ1) is 15.0. The first-order chi connectivity index (χ1) is 9.25. The van der Waals surface area contributed by atoms with E-state index in [1.807, 2.05) is 45.0 Å². The van der Waals surface area contributed by atoms with Gasteiger partial charge < -0.3 is 10.4 Å². The molecule has 0 spiro atoms. The molecule has 1 aliphatic carbocycles. The van der Waals surface area contributed by atoms with E-state index in [0.717, 1.165) is 10.0 Å². The second-order valence-corrected chi connectivity index (χ2v) is 6.82. The Labute approximate surface area is 126 Å². The maximum Gasteiger partial charge on any atom is 0.307 e. The van der Waals surface area contributed by atoms with Crippen molar-refractivity contribution >= 4 is 27.8 Å². The minimum atomic E-state index is -0.898. The molecule has 0 heterocycles. The molecule has 0 saturated heterocycles. The van der Waals surface area contributed by atoms with Crippen LogP contribution < -0.4 is 5.32 Å². The first-order valence-corrected chi connectivity index (χ1v) is 7.33. The molecular weight excluding hydrogens is 322 g/mol. The smallest absolute Gasteiger partial charge is 0.307 e. The summed E-state index contributed by atoms with van der Waals surface area (Å²) >= 11 is 3.39. The molecule has 0 radical (unpaired) electrons. The zero-order chi connectivity index (χ0) is 15.1. The van der Waals surface area contributed by atoms with Crippen molar-refractivity contribution in [3.8, 4) is 0 Å². The molecule has 1 saturated carbocycles. The lowest BCUT2D eigenvalue weighted by atomic mass is 10.1. The summed E-state index contributed by atoms with van der Waals surface area (Å²) in [5.41, 5.74) is 0.519. The number of halogens is 1. The number of aliphatic carboxylic acids is 1. The number of amides is 1. The summed E-state index contributed by atoms with van der Waals surface area (Å²) < 4.78 is 0.950. The Morgan fingerprint density at radius 2 is 2.00 bits per heavy atom. The number of carboxylic acids is 1. The summed E-state index contributed by atoms with van der Waals surface area (Å²) in [6, 6.07) is 7.55. The molecule has 0 aliphatic heterocycles. The van der Waals surface area contributed by atoms with Gasteiger partial charge in [-0.05, 0) is 30.0 Å². The molecule has 1 amide bonds. The van der Waals surface area contributed by atoms with E-state index in [-0.39, 0.29) is 11.9 Å². The van der Waals surface area contributed by atoms with Gasteiger partial charge in [-0.2, -0.15) is 0 Å². The van der Waals surface area contributed by atoms with Crippen molar-refractivity contribution in [1.82, 2.24) is 5.32 Å². The molecule has 3 atom stereocenters. The SMILES string of the molecule is C[C@H](NC(=O)[C@H]1[C@@H](C(=O)O)C1(C)C)c1cccc(Br)c1. The van der Waals surface area contributed by atoms with Crippen molar-refractivity contribution in [3.05, 3.63) is 34.3 Å². The van der Waals surface area contributed by atoms with Crippen LogP contribution in [0.2, 0.25) is 0 Å². The Bertz CT molecular complexity index is 556. The highest BCUT2D eigenvalue weighted by molar-refractivity contribution is 9.10. The summed E-state index contributed by atoms with van der Waals surface area (Å²) in [5.74, 6) is -2.12. The van der Waals surface area contributed by atoms with Gasteiger partial charge in [-0.1, -0.05) is 41.9 Å². The highest BCUT2D eigenvalue weighted by atomic mass is 79.9. The quantitative estimate of drug-likeness (QED) is 0.886. The fourth-order valence-electron chi connectivity index (χ4n) is 2.75. The van der Waals surface area contributed by atoms with E-state index in [9.17, 15) is 9.59 Å². The summed E-state index contributed by atoms with van der Waals surface area (Å²) in [4.78, 5) is 23.3. The Morgan fingerprint density at radius 3 is 2.50 bits per heavy atom. The molecule has 0 aromatic heterocycles. The Morgan fingerprint density at radius 1 is 1.35 bits per heavy atom. The van der Waals surface area contributed by atoms with Gasteiger partial charge in [0.25, 0.3) is 0 Å². The van der Waals surface area contributed by atoms with Gasteiger partial charge in [0.2, 0.25) is 5.91 Å². The molecule has 108 valence electrons. The average Bonchev–Trinajstić information content (AvgIpc) is 2.92. The van der Waals surface area contributed by atoms with Crippen LogP contribution in [0.15, 0.2) is 28.7 Å². The first-order valence-electron chi connectivity index (χ1n) is 6.53. The lowest BCUT2D eigenvalue weighted by Gasteiger charge is -2.15. The molecule has 1 aromatic rings. The van der Waals surface area contributed by atoms with Crippen LogP contribution in [-0.4, -0.2) is 17.0 Å². The van der Waals surface area contributed by atoms with E-state index in [1.54, 1.807) is 0 Å². The number of carbonyl (C=O) groups is 2. The lowest BCUT2D eigenvalue weighted by molar-refractivity contribution is -0.140. The van der Waals surface area contributed by atoms with Crippen molar-refractivity contribution in [2.75, 3.05) is 0 Å². The largest absolute Gasteiger partial charge is 0.481 e. The van der Waals surface area contributed by atoms with E-state index in [0.29, 0.717) is 0 Å². The van der Waals surface area contributed by atoms with E-state index in [4.69, 9.17) is 5.11 Å². The standard InChI is InChI=1S/C15H18BrNO3/c1-8(9-5-4-6-10(16)7-9)17-13(18)11-12(14(19)20)15(11,2)3/h4-8,11-12H,1-3H3,(H,17,18)(H,19,20)/t8-,11+,12-/m0/s1. The van der Waals surface area contributed by atoms with E-state index in [2.05, 4.69) is 21.2 Å². The summed E-state index contributed by atoms with van der Waals surface area (Å²) in [5, 5.41) is 12.0. The van der Waals surface area contributed by atoms with Gasteiger partial charge in [0.1, 0.15) is 0 Å². The maximum absolute atomic E-state index is 12.2. The molecule has 2 N–H and O–H groups in total. The number of carbonyl (C=O) groups excluding carboxylic acids is 1. The van der Waals surface area contributed by atoms with Crippen molar-refractivity contribution in [2.24, 2.45) is 17.3 Å². The van der Waals surface area contributed by atoms with E-state index >= 15 is 0 Å². The molecule has 2 rings (SSSR count). The minimum Gasteiger partial charge on any atom is -0.481 e. The molecular formula is C15H18BrNO3. The predicted molar refractivity (Wildman–Crippen MR) is 79.1 cm³/mol. The Kier molecular flexibility index (Phi) is 3.91. The number of rotatable bonds is 4. The predicted octanol–water partition coefficient (Wildman–Crippen LogP) is 2.98. The third-order valence-electron chi connectivity index (χ3n) is 4.08. The van der Waals surface area contributed by atoms with Crippen LogP contribution in [0.5, 0.6) is 0 Å². The Balaban J connectivity index is 2.04. The van der Waals surface area contributed by atoms with Crippen molar-refractivity contribution in [3.63, 3.8) is 0 Å². The molecule has 1 aliphatic rings. The number of hydrogen-bond acceptors (Lipinski definition) is 2. The second-order valence-electron chi connectivity index (χ2n) is 5.90. The third kappa shape index (κ3) is 2.73. The third-order valence-corrected chi connectivity index (χ3v) is 4.58. The van der Waals surface area contributed by atoms with Gasteiger partial charge in [-0.25, -0.2) is 0 Å². The normalized spacial score (nSPS) is 24.8. The van der Waals surface area contributed by atoms with Crippen molar-refractivity contribution in [2.45, 2.75) is 26.8 Å². The molecule has 4 nitrogen and oxygen atoms in total. The molecule has 5 heteroatoms. The maximum atomic E-state index is 12.2. The highest BCUT2D eigenvalue weighted by Gasteiger charge is 2.65. The van der Waals surface area contributed by atoms with Crippen LogP contribution in [0, 0.1) is 17.3 Å². The van der Waals surface area contributed by atoms with Gasteiger partial charge in [-0.3, -0.25) is 9.59 Å². The highest BCUT2D eigenvalue weighted by Crippen LogP contribution is 2.58. The summed E-state index contributed by atoms with van der Waals surface area (Å²) in [6.45, 7) is 5.53. The van der Waals surface area contributed by atoms with Crippen LogP contribution in [0.25, 0.3) is 0 Å². The van der Waals surface area contributed by atoms with Crippen LogP contribution in [-0.2, 0) is 9.59 Å². The summed E-state index contributed by atoms with van der Waals surface area (Å²) in [7, 11) is 0. The lowest BCUT2D eigenvalue weighted by Crippen LogP contribution is -2.30. The van der Waals surface area contributed by atoms with Crippen molar-refractivity contribution in [1.29, 1.82) is 0 Å². The number of nitrogens with one attached hydrogen (secondary N) is 1. The van der Waals surface area contributed by atoms with Crippen LogP contribution in [0.4, 0.5) is 0 Å². The van der Waals surface area contributed by atoms with Gasteiger partial charge in [0, 0.05) is 4.47 Å². The number of benzene rings is 1. The van der Waals surface area contributed by atoms with Gasteiger partial charge >= 0.3 is 5.97 Å². The molecule has 0 bridgehead atoms. The van der Waals surface area contributed by atoms with Gasteiger partial charge in [0.15, 0.2) is 0 Å². The van der Waals surface area contributed by atoms with Crippen molar-refractivity contribution < 1.29 is 14.7 Å². The number of carboxylic acid groups (broad SMARTS) is 1. The molecule has 1 aromatic carbocycles. The second kappa shape index (κ2) is 5.20. The zero-order valence-corrected chi connectivity index (χ0v) is 13.3. The molecule has 1 fully saturated rings. The fourth-order valence-corrected chi connectivity index (χ4v) is 3.17. The van der Waals surface area contributed by atoms with Crippen LogP contribution in [0.3, 0.4) is 0 Å². The summed E-state index contributed by atoms with van der Waals surface area (Å²) in [6.07, 6.45) is 0. The Hall–Kier alpha value is -1.36. The number of hydrogen-bond donors (Lipinski definition) is 2.